The molecule has 7 heteroatoms. The van der Waals surface area contributed by atoms with E-state index in [1.54, 1.807) is 6.07 Å². The van der Waals surface area contributed by atoms with Gasteiger partial charge in [-0.15, -0.1) is 0 Å². The highest BCUT2D eigenvalue weighted by Gasteiger charge is 2.29. The van der Waals surface area contributed by atoms with Crippen LogP contribution in [0.1, 0.15) is 29.0 Å². The normalized spacial score (nSPS) is 18.1. The van der Waals surface area contributed by atoms with E-state index in [4.69, 9.17) is 27.9 Å². The molecular formula is C25H24Cl2N4O. The first-order chi connectivity index (χ1) is 15.7. The third-order valence-corrected chi connectivity index (χ3v) is 6.41. The fourth-order valence-corrected chi connectivity index (χ4v) is 4.75. The molecule has 0 spiro atoms. The lowest BCUT2D eigenvalue weighted by atomic mass is 10.1. The lowest BCUT2D eigenvalue weighted by Gasteiger charge is -2.39. The van der Waals surface area contributed by atoms with Gasteiger partial charge in [-0.05, 0) is 35.4 Å². The Morgan fingerprint density at radius 2 is 1.94 bits per heavy atom. The second-order valence-corrected chi connectivity index (χ2v) is 8.79. The van der Waals surface area contributed by atoms with E-state index >= 15 is 0 Å². The Kier molecular flexibility index (Phi) is 6.44. The van der Waals surface area contributed by atoms with Gasteiger partial charge in [0.25, 0.3) is 0 Å². The summed E-state index contributed by atoms with van der Waals surface area (Å²) in [5.74, 6) is 0. The maximum atomic E-state index is 6.49. The minimum Gasteiger partial charge on any atom is -0.371 e. The molecule has 1 N–H and O–H groups in total. The van der Waals surface area contributed by atoms with E-state index in [9.17, 15) is 0 Å². The number of fused-ring (bicyclic) bond motifs is 1. The monoisotopic (exact) mass is 466 g/mol. The molecule has 0 amide bonds. The fraction of sp³-hybridized carbons (Fsp3) is 0.240. The van der Waals surface area contributed by atoms with Crippen LogP contribution in [0.15, 0.2) is 79.3 Å². The summed E-state index contributed by atoms with van der Waals surface area (Å²) in [7, 11) is 0. The van der Waals surface area contributed by atoms with E-state index in [1.807, 2.05) is 35.0 Å². The van der Waals surface area contributed by atoms with Crippen LogP contribution in [0.2, 0.25) is 10.0 Å². The highest BCUT2D eigenvalue weighted by Crippen LogP contribution is 2.33. The zero-order valence-corrected chi connectivity index (χ0v) is 19.0. The molecule has 2 unspecified atom stereocenters. The summed E-state index contributed by atoms with van der Waals surface area (Å²) in [5.41, 5.74) is 4.30. The molecule has 2 atom stereocenters. The predicted molar refractivity (Wildman–Crippen MR) is 128 cm³/mol. The van der Waals surface area contributed by atoms with Crippen LogP contribution in [-0.4, -0.2) is 34.0 Å². The minimum atomic E-state index is -0.121. The number of benzene rings is 2. The van der Waals surface area contributed by atoms with Crippen LogP contribution in [0, 0.1) is 0 Å². The number of imidazole rings is 1. The number of nitrogens with zero attached hydrogens (tertiary/aromatic N) is 3. The molecule has 32 heavy (non-hydrogen) atoms. The molecule has 5 rings (SSSR count). The number of rotatable bonds is 6. The van der Waals surface area contributed by atoms with Gasteiger partial charge in [0, 0.05) is 53.8 Å². The molecule has 164 valence electrons. The van der Waals surface area contributed by atoms with Gasteiger partial charge in [-0.1, -0.05) is 59.6 Å². The number of hydrogen-bond acceptors (Lipinski definition) is 4. The van der Waals surface area contributed by atoms with E-state index in [0.29, 0.717) is 23.2 Å². The third-order valence-electron chi connectivity index (χ3n) is 5.85. The molecule has 2 aromatic carbocycles. The highest BCUT2D eigenvalue weighted by atomic mass is 35.5. The van der Waals surface area contributed by atoms with Gasteiger partial charge in [0.1, 0.15) is 5.65 Å². The van der Waals surface area contributed by atoms with Gasteiger partial charge in [-0.25, -0.2) is 4.98 Å². The average Bonchev–Trinajstić information content (AvgIpc) is 3.28. The van der Waals surface area contributed by atoms with Crippen molar-refractivity contribution in [1.82, 2.24) is 19.6 Å². The zero-order chi connectivity index (χ0) is 21.9. The standard InChI is InChI=1S/C25H24Cl2N4O/c26-20-6-7-21(22(27)15-20)23-17-31(12-13-32-23)25(29-16-18-4-2-1-3-5-18)19-8-10-30-11-9-28-24(30)14-19/h1-11,14-15,23,25,29H,12-13,16-17H2. The molecular weight excluding hydrogens is 443 g/mol. The summed E-state index contributed by atoms with van der Waals surface area (Å²) in [6.07, 6.45) is 5.72. The van der Waals surface area contributed by atoms with Crippen LogP contribution in [0.3, 0.4) is 0 Å². The van der Waals surface area contributed by atoms with E-state index in [1.165, 1.54) is 11.1 Å². The largest absolute Gasteiger partial charge is 0.371 e. The molecule has 3 heterocycles. The summed E-state index contributed by atoms with van der Waals surface area (Å²) in [4.78, 5) is 6.88. The van der Waals surface area contributed by atoms with Gasteiger partial charge in [-0.3, -0.25) is 10.2 Å². The second kappa shape index (κ2) is 9.61. The van der Waals surface area contributed by atoms with Crippen molar-refractivity contribution in [2.45, 2.75) is 18.8 Å². The number of morpholine rings is 1. The Morgan fingerprint density at radius 1 is 1.06 bits per heavy atom. The van der Waals surface area contributed by atoms with Crippen LogP contribution in [0.4, 0.5) is 0 Å². The smallest absolute Gasteiger partial charge is 0.137 e. The van der Waals surface area contributed by atoms with E-state index in [-0.39, 0.29) is 12.3 Å². The maximum absolute atomic E-state index is 6.49. The van der Waals surface area contributed by atoms with Crippen LogP contribution in [-0.2, 0) is 11.3 Å². The van der Waals surface area contributed by atoms with Gasteiger partial charge in [0.15, 0.2) is 0 Å². The summed E-state index contributed by atoms with van der Waals surface area (Å²) < 4.78 is 8.13. The Labute approximate surface area is 197 Å². The van der Waals surface area contributed by atoms with Crippen molar-refractivity contribution in [3.05, 3.63) is 106 Å². The van der Waals surface area contributed by atoms with Gasteiger partial charge >= 0.3 is 0 Å². The Balaban J connectivity index is 1.43. The molecule has 1 aliphatic heterocycles. The summed E-state index contributed by atoms with van der Waals surface area (Å²) >= 11 is 12.6. The van der Waals surface area contributed by atoms with E-state index < -0.39 is 0 Å². The van der Waals surface area contributed by atoms with Gasteiger partial charge in [-0.2, -0.15) is 0 Å². The SMILES string of the molecule is Clc1ccc(C2CN(C(NCc3ccccc3)c3ccn4ccnc4c3)CCO2)c(Cl)c1. The first-order valence-corrected chi connectivity index (χ1v) is 11.4. The number of ether oxygens (including phenoxy) is 1. The van der Waals surface area contributed by atoms with Crippen LogP contribution < -0.4 is 5.32 Å². The zero-order valence-electron chi connectivity index (χ0n) is 17.5. The maximum Gasteiger partial charge on any atom is 0.137 e. The highest BCUT2D eigenvalue weighted by molar-refractivity contribution is 6.35. The first-order valence-electron chi connectivity index (χ1n) is 10.7. The molecule has 5 nitrogen and oxygen atoms in total. The van der Waals surface area contributed by atoms with E-state index in [0.717, 1.165) is 24.3 Å². The number of aromatic nitrogens is 2. The molecule has 1 fully saturated rings. The molecule has 2 aromatic heterocycles. The van der Waals surface area contributed by atoms with Crippen molar-refractivity contribution in [3.8, 4) is 0 Å². The van der Waals surface area contributed by atoms with Crippen LogP contribution in [0.25, 0.3) is 5.65 Å². The summed E-state index contributed by atoms with van der Waals surface area (Å²) in [6.45, 7) is 2.91. The number of pyridine rings is 1. The Morgan fingerprint density at radius 3 is 2.78 bits per heavy atom. The lowest BCUT2D eigenvalue weighted by Crippen LogP contribution is -2.45. The molecule has 0 saturated carbocycles. The Hall–Kier alpha value is -2.41. The van der Waals surface area contributed by atoms with Crippen molar-refractivity contribution in [2.75, 3.05) is 19.7 Å². The molecule has 4 aromatic rings. The molecule has 1 saturated heterocycles. The van der Waals surface area contributed by atoms with Crippen LogP contribution >= 0.6 is 23.2 Å². The summed E-state index contributed by atoms with van der Waals surface area (Å²) in [6, 6.07) is 20.3. The van der Waals surface area contributed by atoms with Crippen molar-refractivity contribution in [1.29, 1.82) is 0 Å². The average molecular weight is 467 g/mol. The van der Waals surface area contributed by atoms with Crippen molar-refractivity contribution in [3.63, 3.8) is 0 Å². The van der Waals surface area contributed by atoms with Crippen LogP contribution in [0.5, 0.6) is 0 Å². The molecule has 0 aliphatic carbocycles. The van der Waals surface area contributed by atoms with Crippen molar-refractivity contribution < 1.29 is 4.74 Å². The third kappa shape index (κ3) is 4.68. The second-order valence-electron chi connectivity index (χ2n) is 7.94. The number of nitrogens with one attached hydrogen (secondary N) is 1. The van der Waals surface area contributed by atoms with Gasteiger partial charge in [0.05, 0.1) is 18.9 Å². The van der Waals surface area contributed by atoms with Gasteiger partial charge in [0.2, 0.25) is 0 Å². The Bertz CT molecular complexity index is 1200. The summed E-state index contributed by atoms with van der Waals surface area (Å²) in [5, 5.41) is 5.02. The van der Waals surface area contributed by atoms with Crippen molar-refractivity contribution in [2.24, 2.45) is 0 Å². The number of hydrogen-bond donors (Lipinski definition) is 1. The topological polar surface area (TPSA) is 41.8 Å². The molecule has 0 bridgehead atoms. The first kappa shape index (κ1) is 21.4. The van der Waals surface area contributed by atoms with E-state index in [2.05, 4.69) is 57.8 Å². The predicted octanol–water partition coefficient (Wildman–Crippen LogP) is 5.50. The van der Waals surface area contributed by atoms with Gasteiger partial charge < -0.3 is 9.14 Å². The van der Waals surface area contributed by atoms with Crippen molar-refractivity contribution >= 4 is 28.8 Å². The quantitative estimate of drug-likeness (QED) is 0.407. The lowest BCUT2D eigenvalue weighted by molar-refractivity contribution is -0.0511. The minimum absolute atomic E-state index is 0.00869. The molecule has 0 radical (unpaired) electrons. The number of halogens is 2. The fourth-order valence-electron chi connectivity index (χ4n) is 4.22. The molecule has 1 aliphatic rings.